The summed E-state index contributed by atoms with van der Waals surface area (Å²) in [6.45, 7) is 0. The summed E-state index contributed by atoms with van der Waals surface area (Å²) in [6.07, 6.45) is -2.91. The van der Waals surface area contributed by atoms with Gasteiger partial charge in [0.2, 0.25) is 0 Å². The van der Waals surface area contributed by atoms with Crippen molar-refractivity contribution in [3.63, 3.8) is 0 Å². The van der Waals surface area contributed by atoms with Crippen molar-refractivity contribution in [1.29, 1.82) is 10.5 Å². The molecule has 0 amide bonds. The van der Waals surface area contributed by atoms with Crippen LogP contribution in [0.3, 0.4) is 0 Å². The molecule has 21 heavy (non-hydrogen) atoms. The summed E-state index contributed by atoms with van der Waals surface area (Å²) in [6, 6.07) is 11.8. The van der Waals surface area contributed by atoms with Gasteiger partial charge in [-0.2, -0.15) is 23.7 Å². The SMILES string of the molecule is N#CC(C#N)=Cc1ccc(-c2ccc(C(F)(F)F)cc2)s1. The zero-order valence-corrected chi connectivity index (χ0v) is 11.3. The summed E-state index contributed by atoms with van der Waals surface area (Å²) >= 11 is 1.30. The summed E-state index contributed by atoms with van der Waals surface area (Å²) in [4.78, 5) is 1.47. The molecular weight excluding hydrogens is 297 g/mol. The predicted octanol–water partition coefficient (Wildman–Crippen LogP) is 4.86. The van der Waals surface area contributed by atoms with E-state index in [1.807, 2.05) is 0 Å². The van der Waals surface area contributed by atoms with E-state index < -0.39 is 11.7 Å². The van der Waals surface area contributed by atoms with E-state index in [1.54, 1.807) is 24.3 Å². The molecule has 104 valence electrons. The molecule has 1 aromatic carbocycles. The minimum absolute atomic E-state index is 0.0178. The predicted molar refractivity (Wildman–Crippen MR) is 74.0 cm³/mol. The van der Waals surface area contributed by atoms with Crippen LogP contribution in [-0.4, -0.2) is 0 Å². The molecule has 2 nitrogen and oxygen atoms in total. The lowest BCUT2D eigenvalue weighted by atomic mass is 10.1. The highest BCUT2D eigenvalue weighted by molar-refractivity contribution is 7.16. The van der Waals surface area contributed by atoms with Gasteiger partial charge < -0.3 is 0 Å². The summed E-state index contributed by atoms with van der Waals surface area (Å²) in [5, 5.41) is 17.4. The van der Waals surface area contributed by atoms with Crippen molar-refractivity contribution in [3.8, 4) is 22.6 Å². The minimum Gasteiger partial charge on any atom is -0.192 e. The van der Waals surface area contributed by atoms with E-state index in [-0.39, 0.29) is 5.57 Å². The smallest absolute Gasteiger partial charge is 0.192 e. The molecule has 0 saturated carbocycles. The largest absolute Gasteiger partial charge is 0.416 e. The molecule has 0 radical (unpaired) electrons. The van der Waals surface area contributed by atoms with Gasteiger partial charge in [-0.15, -0.1) is 11.3 Å². The molecule has 0 bridgehead atoms. The lowest BCUT2D eigenvalue weighted by Gasteiger charge is -2.06. The average molecular weight is 304 g/mol. The second kappa shape index (κ2) is 5.82. The van der Waals surface area contributed by atoms with Crippen LogP contribution in [0.1, 0.15) is 10.4 Å². The molecule has 0 aliphatic rings. The number of alkyl halides is 3. The number of benzene rings is 1. The van der Waals surface area contributed by atoms with Crippen molar-refractivity contribution in [2.75, 3.05) is 0 Å². The van der Waals surface area contributed by atoms with E-state index in [0.29, 0.717) is 10.4 Å². The Labute approximate surface area is 123 Å². The number of nitriles is 2. The first-order valence-electron chi connectivity index (χ1n) is 5.73. The molecule has 0 N–H and O–H groups in total. The topological polar surface area (TPSA) is 47.6 Å². The number of allylic oxidation sites excluding steroid dienone is 1. The van der Waals surface area contributed by atoms with Crippen molar-refractivity contribution in [1.82, 2.24) is 0 Å². The maximum Gasteiger partial charge on any atom is 0.416 e. The molecule has 2 rings (SSSR count). The van der Waals surface area contributed by atoms with Gasteiger partial charge in [0.15, 0.2) is 0 Å². The molecule has 0 aliphatic carbocycles. The van der Waals surface area contributed by atoms with Crippen LogP contribution in [-0.2, 0) is 6.18 Å². The molecule has 1 heterocycles. The second-order valence-corrected chi connectivity index (χ2v) is 5.17. The molecule has 0 unspecified atom stereocenters. The highest BCUT2D eigenvalue weighted by atomic mass is 32.1. The standard InChI is InChI=1S/C15H7F3N2S/c16-15(17,18)12-3-1-11(2-4-12)14-6-5-13(21-14)7-10(8-19)9-20/h1-7H. The molecule has 6 heteroatoms. The average Bonchev–Trinajstić information content (AvgIpc) is 2.92. The summed E-state index contributed by atoms with van der Waals surface area (Å²) < 4.78 is 37.4. The highest BCUT2D eigenvalue weighted by Gasteiger charge is 2.29. The molecule has 0 spiro atoms. The number of hydrogen-bond acceptors (Lipinski definition) is 3. The number of nitrogens with zero attached hydrogens (tertiary/aromatic N) is 2. The Kier molecular flexibility index (Phi) is 4.11. The van der Waals surface area contributed by atoms with Gasteiger partial charge in [-0.1, -0.05) is 12.1 Å². The van der Waals surface area contributed by atoms with E-state index in [2.05, 4.69) is 0 Å². The molecule has 0 fully saturated rings. The Balaban J connectivity index is 2.29. The van der Waals surface area contributed by atoms with Crippen molar-refractivity contribution in [2.24, 2.45) is 0 Å². The van der Waals surface area contributed by atoms with Crippen LogP contribution in [0.2, 0.25) is 0 Å². The number of halogens is 3. The summed E-state index contributed by atoms with van der Waals surface area (Å²) in [5.74, 6) is 0. The maximum absolute atomic E-state index is 12.5. The van der Waals surface area contributed by atoms with Gasteiger partial charge in [0.25, 0.3) is 0 Å². The monoisotopic (exact) mass is 304 g/mol. The van der Waals surface area contributed by atoms with Crippen molar-refractivity contribution >= 4 is 17.4 Å². The van der Waals surface area contributed by atoms with Crippen molar-refractivity contribution < 1.29 is 13.2 Å². The molecule has 0 saturated heterocycles. The first-order chi connectivity index (χ1) is 9.94. The minimum atomic E-state index is -4.35. The Bertz CT molecular complexity index is 740. The van der Waals surface area contributed by atoms with Gasteiger partial charge in [-0.05, 0) is 35.9 Å². The second-order valence-electron chi connectivity index (χ2n) is 4.06. The number of thiophene rings is 1. The Morgan fingerprint density at radius 2 is 1.62 bits per heavy atom. The van der Waals surface area contributed by atoms with E-state index in [4.69, 9.17) is 10.5 Å². The fourth-order valence-electron chi connectivity index (χ4n) is 1.64. The van der Waals surface area contributed by atoms with Gasteiger partial charge in [-0.3, -0.25) is 0 Å². The van der Waals surface area contributed by atoms with Gasteiger partial charge >= 0.3 is 6.18 Å². The number of hydrogen-bond donors (Lipinski definition) is 0. The van der Waals surface area contributed by atoms with Crippen LogP contribution in [0.5, 0.6) is 0 Å². The van der Waals surface area contributed by atoms with Crippen molar-refractivity contribution in [2.45, 2.75) is 6.18 Å². The third-order valence-corrected chi connectivity index (χ3v) is 3.73. The fraction of sp³-hybridized carbons (Fsp3) is 0.0667. The van der Waals surface area contributed by atoms with Crippen LogP contribution < -0.4 is 0 Å². The van der Waals surface area contributed by atoms with Crippen LogP contribution in [0.4, 0.5) is 13.2 Å². The van der Waals surface area contributed by atoms with Crippen molar-refractivity contribution in [3.05, 3.63) is 52.4 Å². The van der Waals surface area contributed by atoms with E-state index in [9.17, 15) is 13.2 Å². The van der Waals surface area contributed by atoms with E-state index in [0.717, 1.165) is 17.0 Å². The van der Waals surface area contributed by atoms with Gasteiger partial charge in [-0.25, -0.2) is 0 Å². The highest BCUT2D eigenvalue weighted by Crippen LogP contribution is 2.33. The van der Waals surface area contributed by atoms with E-state index in [1.165, 1.54) is 29.5 Å². The lowest BCUT2D eigenvalue weighted by Crippen LogP contribution is -2.03. The zero-order valence-electron chi connectivity index (χ0n) is 10.5. The third-order valence-electron chi connectivity index (χ3n) is 2.65. The Morgan fingerprint density at radius 1 is 1.00 bits per heavy atom. The van der Waals surface area contributed by atoms with Crippen LogP contribution in [0.25, 0.3) is 16.5 Å². The first-order valence-corrected chi connectivity index (χ1v) is 6.55. The molecular formula is C15H7F3N2S. The zero-order chi connectivity index (χ0) is 15.5. The summed E-state index contributed by atoms with van der Waals surface area (Å²) in [7, 11) is 0. The Hall–Kier alpha value is -2.57. The van der Waals surface area contributed by atoms with Gasteiger partial charge in [0, 0.05) is 9.75 Å². The fourth-order valence-corrected chi connectivity index (χ4v) is 2.60. The molecule has 0 atom stereocenters. The van der Waals surface area contributed by atoms with Gasteiger partial charge in [0.1, 0.15) is 17.7 Å². The molecule has 0 aliphatic heterocycles. The summed E-state index contributed by atoms with van der Waals surface area (Å²) in [5.41, 5.74) is -0.0573. The van der Waals surface area contributed by atoms with Gasteiger partial charge in [0.05, 0.1) is 5.56 Å². The maximum atomic E-state index is 12.5. The van der Waals surface area contributed by atoms with Crippen LogP contribution in [0, 0.1) is 22.7 Å². The normalized spacial score (nSPS) is 10.5. The number of rotatable bonds is 2. The molecule has 1 aromatic heterocycles. The lowest BCUT2D eigenvalue weighted by molar-refractivity contribution is -0.137. The first kappa shape index (κ1) is 14.8. The quantitative estimate of drug-likeness (QED) is 0.743. The molecule has 2 aromatic rings. The van der Waals surface area contributed by atoms with Crippen LogP contribution in [0.15, 0.2) is 42.0 Å². The van der Waals surface area contributed by atoms with Crippen LogP contribution >= 0.6 is 11.3 Å². The third kappa shape index (κ3) is 3.50. The Morgan fingerprint density at radius 3 is 2.14 bits per heavy atom. The van der Waals surface area contributed by atoms with E-state index >= 15 is 0 Å².